The number of carboxylic acids is 1. The van der Waals surface area contributed by atoms with E-state index in [1.807, 2.05) is 12.3 Å². The van der Waals surface area contributed by atoms with Crippen molar-refractivity contribution in [1.82, 2.24) is 19.7 Å². The van der Waals surface area contributed by atoms with E-state index in [1.165, 1.54) is 36.8 Å². The van der Waals surface area contributed by atoms with E-state index in [4.69, 9.17) is 10.8 Å². The molecule has 0 radical (unpaired) electrons. The summed E-state index contributed by atoms with van der Waals surface area (Å²) in [6.07, 6.45) is 2.55. The van der Waals surface area contributed by atoms with Crippen LogP contribution in [0, 0.1) is 6.92 Å². The second kappa shape index (κ2) is 9.46. The molecule has 2 aromatic heterocycles. The first kappa shape index (κ1) is 21.6. The molecule has 0 bridgehead atoms. The number of carboxylic acid groups (broad SMARTS) is 1. The molecule has 11 heteroatoms. The number of sulfonamides is 1. The van der Waals surface area contributed by atoms with Crippen LogP contribution in [0.25, 0.3) is 11.5 Å². The molecule has 0 saturated carbocycles. The fourth-order valence-electron chi connectivity index (χ4n) is 1.99. The minimum atomic E-state index is -3.34. The molecule has 0 aliphatic heterocycles. The summed E-state index contributed by atoms with van der Waals surface area (Å²) in [6.45, 7) is 2.23. The van der Waals surface area contributed by atoms with Gasteiger partial charge in [0.25, 0.3) is 0 Å². The standard InChI is InChI=1S/C9H7N3O2S.C8H12N2O2S/c1-5-12-7(4-15-5)8-10-2-6(3-11-8)9(13)14;1-10-13(11,12)8-4-2-3-7(5-8)6-9/h2-4H,1H3,(H,13,14);2-5,10H,6,9H2,1H3. The number of aromatic nitrogens is 3. The maximum atomic E-state index is 11.3. The van der Waals surface area contributed by atoms with Gasteiger partial charge in [-0.3, -0.25) is 0 Å². The van der Waals surface area contributed by atoms with Gasteiger partial charge >= 0.3 is 5.97 Å². The Labute approximate surface area is 166 Å². The maximum absolute atomic E-state index is 11.3. The quantitative estimate of drug-likeness (QED) is 0.563. The van der Waals surface area contributed by atoms with Crippen LogP contribution in [0.4, 0.5) is 0 Å². The highest BCUT2D eigenvalue weighted by atomic mass is 32.2. The first-order chi connectivity index (χ1) is 13.3. The molecule has 28 heavy (non-hydrogen) atoms. The average molecular weight is 422 g/mol. The third kappa shape index (κ3) is 5.63. The minimum Gasteiger partial charge on any atom is -0.478 e. The Kier molecular flexibility index (Phi) is 7.29. The lowest BCUT2D eigenvalue weighted by atomic mass is 10.2. The zero-order valence-electron chi connectivity index (χ0n) is 15.2. The maximum Gasteiger partial charge on any atom is 0.338 e. The van der Waals surface area contributed by atoms with Crippen molar-refractivity contribution in [2.75, 3.05) is 7.05 Å². The lowest BCUT2D eigenvalue weighted by molar-refractivity contribution is 0.0696. The normalized spacial score (nSPS) is 10.8. The fraction of sp³-hybridized carbons (Fsp3) is 0.176. The van der Waals surface area contributed by atoms with Gasteiger partial charge in [0.05, 0.1) is 15.5 Å². The summed E-state index contributed by atoms with van der Waals surface area (Å²) in [5, 5.41) is 11.4. The first-order valence-corrected chi connectivity index (χ1v) is 10.3. The highest BCUT2D eigenvalue weighted by molar-refractivity contribution is 7.89. The molecule has 2 heterocycles. The molecule has 3 aromatic rings. The van der Waals surface area contributed by atoms with Gasteiger partial charge in [-0.1, -0.05) is 12.1 Å². The highest BCUT2D eigenvalue weighted by Crippen LogP contribution is 2.17. The van der Waals surface area contributed by atoms with E-state index in [0.717, 1.165) is 10.6 Å². The Morgan fingerprint density at radius 1 is 1.29 bits per heavy atom. The monoisotopic (exact) mass is 421 g/mol. The van der Waals surface area contributed by atoms with E-state index < -0.39 is 16.0 Å². The van der Waals surface area contributed by atoms with Gasteiger partial charge in [-0.15, -0.1) is 11.3 Å². The molecule has 4 N–H and O–H groups in total. The predicted octanol–water partition coefficient (Wildman–Crippen LogP) is 1.66. The number of rotatable bonds is 5. The van der Waals surface area contributed by atoms with Gasteiger partial charge < -0.3 is 10.8 Å². The summed E-state index contributed by atoms with van der Waals surface area (Å²) >= 11 is 1.50. The molecule has 0 spiro atoms. The third-order valence-electron chi connectivity index (χ3n) is 3.46. The Hall–Kier alpha value is -2.73. The van der Waals surface area contributed by atoms with Gasteiger partial charge in [-0.2, -0.15) is 0 Å². The molecular formula is C17H19N5O4S2. The zero-order chi connectivity index (χ0) is 20.7. The number of nitrogens with one attached hydrogen (secondary N) is 1. The number of nitrogens with two attached hydrogens (primary N) is 1. The second-order valence-corrected chi connectivity index (χ2v) is 8.36. The van der Waals surface area contributed by atoms with E-state index in [9.17, 15) is 13.2 Å². The Morgan fingerprint density at radius 2 is 1.96 bits per heavy atom. The summed E-state index contributed by atoms with van der Waals surface area (Å²) in [6, 6.07) is 6.55. The molecule has 0 atom stereocenters. The van der Waals surface area contributed by atoms with Crippen molar-refractivity contribution in [3.8, 4) is 11.5 Å². The van der Waals surface area contributed by atoms with Crippen LogP contribution >= 0.6 is 11.3 Å². The SMILES string of the molecule is CNS(=O)(=O)c1cccc(CN)c1.Cc1nc(-c2ncc(C(=O)O)cn2)cs1. The van der Waals surface area contributed by atoms with Gasteiger partial charge in [0.15, 0.2) is 5.82 Å². The van der Waals surface area contributed by atoms with E-state index in [1.54, 1.807) is 18.2 Å². The molecule has 148 valence electrons. The number of hydrogen-bond donors (Lipinski definition) is 3. The molecule has 0 aliphatic rings. The van der Waals surface area contributed by atoms with Crippen molar-refractivity contribution in [3.63, 3.8) is 0 Å². The van der Waals surface area contributed by atoms with Crippen molar-refractivity contribution >= 4 is 27.3 Å². The Balaban J connectivity index is 0.000000203. The van der Waals surface area contributed by atoms with Crippen LogP contribution in [-0.2, 0) is 16.6 Å². The number of benzene rings is 1. The van der Waals surface area contributed by atoms with Crippen LogP contribution in [0.2, 0.25) is 0 Å². The predicted molar refractivity (Wildman–Crippen MR) is 105 cm³/mol. The van der Waals surface area contributed by atoms with Crippen LogP contribution in [0.5, 0.6) is 0 Å². The lowest BCUT2D eigenvalue weighted by Gasteiger charge is -2.03. The van der Waals surface area contributed by atoms with E-state index in [-0.39, 0.29) is 10.5 Å². The zero-order valence-corrected chi connectivity index (χ0v) is 16.8. The number of carbonyl (C=O) groups is 1. The van der Waals surface area contributed by atoms with Gasteiger partial charge in [-0.05, 0) is 31.7 Å². The largest absolute Gasteiger partial charge is 0.478 e. The molecule has 9 nitrogen and oxygen atoms in total. The van der Waals surface area contributed by atoms with Gasteiger partial charge in [0, 0.05) is 24.3 Å². The van der Waals surface area contributed by atoms with Crippen LogP contribution in [0.1, 0.15) is 20.9 Å². The van der Waals surface area contributed by atoms with Crippen molar-refractivity contribution < 1.29 is 18.3 Å². The number of aryl methyl sites for hydroxylation is 1. The Morgan fingerprint density at radius 3 is 2.46 bits per heavy atom. The molecule has 0 fully saturated rings. The van der Waals surface area contributed by atoms with Gasteiger partial charge in [-0.25, -0.2) is 32.9 Å². The lowest BCUT2D eigenvalue weighted by Crippen LogP contribution is -2.18. The fourth-order valence-corrected chi connectivity index (χ4v) is 3.39. The van der Waals surface area contributed by atoms with Crippen LogP contribution in [-0.4, -0.2) is 41.5 Å². The third-order valence-corrected chi connectivity index (χ3v) is 5.65. The summed E-state index contributed by atoms with van der Waals surface area (Å²) in [5.74, 6) is -0.583. The molecule has 0 saturated heterocycles. The summed E-state index contributed by atoms with van der Waals surface area (Å²) in [5.41, 5.74) is 6.94. The summed E-state index contributed by atoms with van der Waals surface area (Å²) in [4.78, 5) is 22.9. The van der Waals surface area contributed by atoms with Crippen molar-refractivity contribution in [1.29, 1.82) is 0 Å². The van der Waals surface area contributed by atoms with Gasteiger partial charge in [0.1, 0.15) is 5.69 Å². The number of aromatic carboxylic acids is 1. The summed E-state index contributed by atoms with van der Waals surface area (Å²) < 4.78 is 24.9. The van der Waals surface area contributed by atoms with Crippen molar-refractivity contribution in [2.24, 2.45) is 5.73 Å². The van der Waals surface area contributed by atoms with Crippen LogP contribution in [0.3, 0.4) is 0 Å². The molecule has 0 aliphatic carbocycles. The van der Waals surface area contributed by atoms with Crippen LogP contribution in [0.15, 0.2) is 46.9 Å². The highest BCUT2D eigenvalue weighted by Gasteiger charge is 2.10. The molecule has 3 rings (SSSR count). The molecule has 0 amide bonds. The van der Waals surface area contributed by atoms with Crippen LogP contribution < -0.4 is 10.5 Å². The average Bonchev–Trinajstić information content (AvgIpc) is 3.15. The van der Waals surface area contributed by atoms with E-state index >= 15 is 0 Å². The number of nitrogens with zero attached hydrogens (tertiary/aromatic N) is 3. The van der Waals surface area contributed by atoms with Crippen molar-refractivity contribution in [3.05, 3.63) is 58.2 Å². The molecular weight excluding hydrogens is 402 g/mol. The Bertz CT molecular complexity index is 1050. The number of hydrogen-bond acceptors (Lipinski definition) is 8. The van der Waals surface area contributed by atoms with Gasteiger partial charge in [0.2, 0.25) is 10.0 Å². The summed E-state index contributed by atoms with van der Waals surface area (Å²) in [7, 11) is -1.96. The topological polar surface area (TPSA) is 148 Å². The van der Waals surface area contributed by atoms with E-state index in [2.05, 4.69) is 19.7 Å². The smallest absolute Gasteiger partial charge is 0.338 e. The number of thiazole rings is 1. The second-order valence-electron chi connectivity index (χ2n) is 5.41. The van der Waals surface area contributed by atoms with E-state index in [0.29, 0.717) is 18.1 Å². The van der Waals surface area contributed by atoms with Crippen molar-refractivity contribution in [2.45, 2.75) is 18.4 Å². The molecule has 0 unspecified atom stereocenters. The first-order valence-electron chi connectivity index (χ1n) is 7.97. The minimum absolute atomic E-state index is 0.0747. The molecule has 1 aromatic carbocycles.